The van der Waals surface area contributed by atoms with Gasteiger partial charge in [0.15, 0.2) is 0 Å². The van der Waals surface area contributed by atoms with Gasteiger partial charge in [-0.25, -0.2) is 19.3 Å². The average Bonchev–Trinajstić information content (AvgIpc) is 3.31. The van der Waals surface area contributed by atoms with Crippen molar-refractivity contribution >= 4 is 30.0 Å². The molecule has 0 aromatic carbocycles. The molecule has 1 aliphatic rings. The highest BCUT2D eigenvalue weighted by Crippen LogP contribution is 2.24. The number of nitrogens with zero attached hydrogens (tertiary/aromatic N) is 2. The lowest BCUT2D eigenvalue weighted by atomic mass is 10.1. The quantitative estimate of drug-likeness (QED) is 0.155. The van der Waals surface area contributed by atoms with Gasteiger partial charge in [-0.15, -0.1) is 0 Å². The van der Waals surface area contributed by atoms with E-state index in [1.54, 1.807) is 54.5 Å². The first-order valence-corrected chi connectivity index (χ1v) is 14.2. The number of allylic oxidation sites excluding steroid dienone is 1. The molecule has 1 saturated heterocycles. The van der Waals surface area contributed by atoms with Gasteiger partial charge in [0.05, 0.1) is 6.61 Å². The fraction of sp³-hybridized carbons (Fsp3) is 0.759. The van der Waals surface area contributed by atoms with Crippen molar-refractivity contribution < 1.29 is 38.2 Å². The van der Waals surface area contributed by atoms with Crippen LogP contribution in [0.5, 0.6) is 0 Å². The summed E-state index contributed by atoms with van der Waals surface area (Å²) in [6.07, 6.45) is 6.74. The third-order valence-electron chi connectivity index (χ3n) is 5.84. The first-order valence-electron chi connectivity index (χ1n) is 14.2. The second kappa shape index (κ2) is 16.2. The van der Waals surface area contributed by atoms with Crippen molar-refractivity contribution in [2.75, 3.05) is 19.7 Å². The molecule has 1 rings (SSSR count). The van der Waals surface area contributed by atoms with Crippen molar-refractivity contribution in [3.63, 3.8) is 0 Å². The number of ether oxygens (including phenoxy) is 3. The molecule has 0 aliphatic carbocycles. The summed E-state index contributed by atoms with van der Waals surface area (Å²) in [7, 11) is 0. The van der Waals surface area contributed by atoms with E-state index in [0.29, 0.717) is 12.8 Å². The molecule has 228 valence electrons. The molecule has 0 aromatic rings. The minimum absolute atomic E-state index is 0.0524. The summed E-state index contributed by atoms with van der Waals surface area (Å²) in [6, 6.07) is -2.27. The molecule has 4 amide bonds. The Balaban J connectivity index is 3.23. The fourth-order valence-electron chi connectivity index (χ4n) is 4.13. The molecule has 11 nitrogen and oxygen atoms in total. The minimum Gasteiger partial charge on any atom is -0.464 e. The van der Waals surface area contributed by atoms with Gasteiger partial charge in [0.25, 0.3) is 5.91 Å². The third kappa shape index (κ3) is 12.4. The van der Waals surface area contributed by atoms with Crippen molar-refractivity contribution in [3.05, 3.63) is 12.2 Å². The van der Waals surface area contributed by atoms with Crippen LogP contribution < -0.4 is 5.32 Å². The van der Waals surface area contributed by atoms with Gasteiger partial charge in [-0.05, 0) is 80.6 Å². The van der Waals surface area contributed by atoms with Crippen molar-refractivity contribution in [1.82, 2.24) is 15.1 Å². The zero-order chi connectivity index (χ0) is 30.5. The van der Waals surface area contributed by atoms with Crippen molar-refractivity contribution in [1.29, 1.82) is 0 Å². The molecule has 11 heteroatoms. The SMILES string of the molecule is CCCCC/C=C\CC(C(=O)OCC)N(C(=O)OC(C)(C)C)C(=O)C1CCCN1C(=O)CNC(=O)OC(C)(C)C. The molecule has 1 heterocycles. The van der Waals surface area contributed by atoms with Gasteiger partial charge in [-0.2, -0.15) is 0 Å². The maximum absolute atomic E-state index is 13.9. The van der Waals surface area contributed by atoms with Crippen LogP contribution in [0.3, 0.4) is 0 Å². The second-order valence-electron chi connectivity index (χ2n) is 11.8. The summed E-state index contributed by atoms with van der Waals surface area (Å²) in [6.45, 7) is 13.8. The smallest absolute Gasteiger partial charge is 0.417 e. The molecule has 1 aliphatic heterocycles. The predicted molar refractivity (Wildman–Crippen MR) is 150 cm³/mol. The maximum Gasteiger partial charge on any atom is 0.417 e. The largest absolute Gasteiger partial charge is 0.464 e. The Morgan fingerprint density at radius 1 is 0.975 bits per heavy atom. The number of alkyl carbamates (subject to hydrolysis) is 1. The van der Waals surface area contributed by atoms with Crippen LogP contribution in [-0.2, 0) is 28.6 Å². The fourth-order valence-corrected chi connectivity index (χ4v) is 4.13. The van der Waals surface area contributed by atoms with Gasteiger partial charge in [-0.1, -0.05) is 31.9 Å². The normalized spacial score (nSPS) is 16.4. The van der Waals surface area contributed by atoms with E-state index in [1.807, 2.05) is 6.08 Å². The summed E-state index contributed by atoms with van der Waals surface area (Å²) in [5, 5.41) is 2.41. The molecular formula is C29H49N3O8. The lowest BCUT2D eigenvalue weighted by Gasteiger charge is -2.34. The van der Waals surface area contributed by atoms with E-state index in [-0.39, 0.29) is 26.1 Å². The average molecular weight is 568 g/mol. The van der Waals surface area contributed by atoms with E-state index >= 15 is 0 Å². The second-order valence-corrected chi connectivity index (χ2v) is 11.8. The summed E-state index contributed by atoms with van der Waals surface area (Å²) >= 11 is 0. The number of carbonyl (C=O) groups is 5. The zero-order valence-electron chi connectivity index (χ0n) is 25.5. The number of amides is 4. The number of nitrogens with one attached hydrogen (secondary N) is 1. The van der Waals surface area contributed by atoms with Gasteiger partial charge in [0.1, 0.15) is 29.8 Å². The first kappa shape index (κ1) is 34.9. The Labute approximate surface area is 238 Å². The summed E-state index contributed by atoms with van der Waals surface area (Å²) in [5.74, 6) is -1.97. The predicted octanol–water partition coefficient (Wildman–Crippen LogP) is 4.72. The summed E-state index contributed by atoms with van der Waals surface area (Å²) < 4.78 is 15.9. The molecule has 1 fully saturated rings. The van der Waals surface area contributed by atoms with Crippen LogP contribution in [-0.4, -0.2) is 82.8 Å². The highest BCUT2D eigenvalue weighted by molar-refractivity contribution is 6.01. The number of likely N-dealkylation sites (tertiary alicyclic amines) is 1. The standard InChI is InChI=1S/C29H49N3O8/c1-9-11-12-13-14-15-17-22(25(35)38-10-2)32(27(37)40-29(6,7)8)24(34)21-18-16-19-31(21)23(33)20-30-26(36)39-28(3,4)5/h14-15,21-22H,9-13,16-20H2,1-8H3,(H,30,36)/b15-14-. The Bertz CT molecular complexity index is 904. The lowest BCUT2D eigenvalue weighted by molar-refractivity contribution is -0.156. The van der Waals surface area contributed by atoms with Gasteiger partial charge in [0.2, 0.25) is 5.91 Å². The molecular weight excluding hydrogens is 518 g/mol. The Morgan fingerprint density at radius 3 is 2.20 bits per heavy atom. The minimum atomic E-state index is -1.26. The van der Waals surface area contributed by atoms with Crippen LogP contribution in [0.4, 0.5) is 9.59 Å². The molecule has 0 bridgehead atoms. The number of hydrogen-bond acceptors (Lipinski definition) is 8. The zero-order valence-corrected chi connectivity index (χ0v) is 25.5. The van der Waals surface area contributed by atoms with E-state index in [9.17, 15) is 24.0 Å². The highest BCUT2D eigenvalue weighted by atomic mass is 16.6. The van der Waals surface area contributed by atoms with Crippen LogP contribution in [0, 0.1) is 0 Å². The van der Waals surface area contributed by atoms with Crippen LogP contribution >= 0.6 is 0 Å². The first-order chi connectivity index (χ1) is 18.6. The van der Waals surface area contributed by atoms with E-state index in [0.717, 1.165) is 30.6 Å². The molecule has 0 spiro atoms. The highest BCUT2D eigenvalue weighted by Gasteiger charge is 2.44. The van der Waals surface area contributed by atoms with Gasteiger partial charge < -0.3 is 24.4 Å². The number of unbranched alkanes of at least 4 members (excludes halogenated alkanes) is 3. The molecule has 1 N–H and O–H groups in total. The van der Waals surface area contributed by atoms with Crippen LogP contribution in [0.1, 0.15) is 100 Å². The van der Waals surface area contributed by atoms with Crippen molar-refractivity contribution in [2.24, 2.45) is 0 Å². The topological polar surface area (TPSA) is 132 Å². The monoisotopic (exact) mass is 567 g/mol. The Hall–Kier alpha value is -3.11. The van der Waals surface area contributed by atoms with Gasteiger partial charge >= 0.3 is 18.2 Å². The maximum atomic E-state index is 13.9. The van der Waals surface area contributed by atoms with Gasteiger partial charge in [-0.3, -0.25) is 9.59 Å². The van der Waals surface area contributed by atoms with E-state index in [2.05, 4.69) is 12.2 Å². The summed E-state index contributed by atoms with van der Waals surface area (Å²) in [4.78, 5) is 67.5. The van der Waals surface area contributed by atoms with Crippen LogP contribution in [0.25, 0.3) is 0 Å². The Morgan fingerprint density at radius 2 is 1.62 bits per heavy atom. The van der Waals surface area contributed by atoms with E-state index in [1.165, 1.54) is 4.90 Å². The molecule has 0 saturated carbocycles. The summed E-state index contributed by atoms with van der Waals surface area (Å²) in [5.41, 5.74) is -1.67. The van der Waals surface area contributed by atoms with Gasteiger partial charge in [0, 0.05) is 6.54 Å². The lowest BCUT2D eigenvalue weighted by Crippen LogP contribution is -2.57. The number of hydrogen-bond donors (Lipinski definition) is 1. The number of rotatable bonds is 12. The van der Waals surface area contributed by atoms with E-state index < -0.39 is 53.3 Å². The number of imide groups is 1. The molecule has 0 aromatic heterocycles. The number of carbonyl (C=O) groups excluding carboxylic acids is 5. The molecule has 2 unspecified atom stereocenters. The third-order valence-corrected chi connectivity index (χ3v) is 5.84. The number of esters is 1. The van der Waals surface area contributed by atoms with E-state index in [4.69, 9.17) is 14.2 Å². The Kier molecular flexibility index (Phi) is 14.2. The molecule has 40 heavy (non-hydrogen) atoms. The van der Waals surface area contributed by atoms with Crippen molar-refractivity contribution in [2.45, 2.75) is 124 Å². The van der Waals surface area contributed by atoms with Crippen LogP contribution in [0.2, 0.25) is 0 Å². The molecule has 2 atom stereocenters. The molecule has 0 radical (unpaired) electrons. The van der Waals surface area contributed by atoms with Crippen LogP contribution in [0.15, 0.2) is 12.2 Å². The van der Waals surface area contributed by atoms with Crippen molar-refractivity contribution in [3.8, 4) is 0 Å².